The molecule has 0 aliphatic carbocycles. The molecule has 1 aliphatic heterocycles. The van der Waals surface area contributed by atoms with Crippen molar-refractivity contribution >= 4 is 45.2 Å². The maximum absolute atomic E-state index is 13.8. The Bertz CT molecular complexity index is 1700. The van der Waals surface area contributed by atoms with Crippen LogP contribution in [0, 0.1) is 0 Å². The minimum Gasteiger partial charge on any atom is -0.489 e. The summed E-state index contributed by atoms with van der Waals surface area (Å²) >= 11 is 0. The average molecular weight is 620 g/mol. The van der Waals surface area contributed by atoms with Gasteiger partial charge in [-0.2, -0.15) is 10.1 Å². The molecule has 1 saturated heterocycles. The first-order valence-corrected chi connectivity index (χ1v) is 14.9. The molecule has 0 saturated carbocycles. The standard InChI is InChI=1S/C32H41N7O6/c1-19-16-38(17-20(2)39(19)31(41)45-32(3,4)5)25-10-9-23(28-24(25)15-33-30(35-28)43-8)29(40)34-22-13-21-18-37(6)36-27(21)26(14-22)44-12-11-42-7/h9-10,13-15,18-20H,11-12,16-17H2,1-8H3,(H,34,40)/t19-,20+. The van der Waals surface area contributed by atoms with Gasteiger partial charge in [-0.3, -0.25) is 14.4 Å². The van der Waals surface area contributed by atoms with E-state index in [2.05, 4.69) is 25.3 Å². The molecular formula is C32H41N7O6. The van der Waals surface area contributed by atoms with Crippen LogP contribution in [0.25, 0.3) is 21.8 Å². The van der Waals surface area contributed by atoms with Crippen molar-refractivity contribution in [3.8, 4) is 11.8 Å². The number of piperazine rings is 1. The van der Waals surface area contributed by atoms with Gasteiger partial charge in [0.2, 0.25) is 0 Å². The highest BCUT2D eigenvalue weighted by Gasteiger charge is 2.36. The van der Waals surface area contributed by atoms with Gasteiger partial charge < -0.3 is 29.2 Å². The first kappa shape index (κ1) is 31.8. The van der Waals surface area contributed by atoms with E-state index in [1.165, 1.54) is 7.11 Å². The van der Waals surface area contributed by atoms with Crippen molar-refractivity contribution in [1.29, 1.82) is 0 Å². The number of methoxy groups -OCH3 is 2. The fraction of sp³-hybridized carbons (Fsp3) is 0.469. The number of nitrogens with one attached hydrogen (secondary N) is 1. The van der Waals surface area contributed by atoms with Crippen molar-refractivity contribution in [1.82, 2.24) is 24.6 Å². The third-order valence-electron chi connectivity index (χ3n) is 7.49. The number of benzene rings is 2. The van der Waals surface area contributed by atoms with Crippen molar-refractivity contribution in [2.45, 2.75) is 52.3 Å². The predicted octanol–water partition coefficient (Wildman–Crippen LogP) is 4.64. The zero-order chi connectivity index (χ0) is 32.5. The van der Waals surface area contributed by atoms with E-state index in [0.717, 1.165) is 11.1 Å². The zero-order valence-electron chi connectivity index (χ0n) is 27.1. The number of carbonyl (C=O) groups is 2. The Balaban J connectivity index is 1.45. The molecule has 45 heavy (non-hydrogen) atoms. The van der Waals surface area contributed by atoms with Gasteiger partial charge in [-0.05, 0) is 52.8 Å². The smallest absolute Gasteiger partial charge is 0.410 e. The molecule has 13 nitrogen and oxygen atoms in total. The lowest BCUT2D eigenvalue weighted by atomic mass is 10.0. The molecule has 4 aromatic rings. The van der Waals surface area contributed by atoms with E-state index >= 15 is 0 Å². The van der Waals surface area contributed by atoms with Crippen LogP contribution in [0.15, 0.2) is 36.7 Å². The van der Waals surface area contributed by atoms with Gasteiger partial charge in [0.1, 0.15) is 23.5 Å². The molecule has 1 fully saturated rings. The van der Waals surface area contributed by atoms with Gasteiger partial charge in [-0.1, -0.05) is 0 Å². The predicted molar refractivity (Wildman–Crippen MR) is 171 cm³/mol. The van der Waals surface area contributed by atoms with Crippen LogP contribution >= 0.6 is 0 Å². The molecule has 0 radical (unpaired) electrons. The maximum Gasteiger partial charge on any atom is 0.410 e. The Morgan fingerprint density at radius 1 is 1.04 bits per heavy atom. The molecule has 2 aromatic heterocycles. The van der Waals surface area contributed by atoms with E-state index in [9.17, 15) is 9.59 Å². The SMILES string of the molecule is COCCOc1cc(NC(=O)c2ccc(N3C[C@@H](C)N(C(=O)OC(C)(C)C)[C@@H](C)C3)c3cnc(OC)nc23)cc2cn(C)nc12. The average Bonchev–Trinajstić information content (AvgIpc) is 3.35. The Hall–Kier alpha value is -4.65. The summed E-state index contributed by atoms with van der Waals surface area (Å²) in [5.41, 5.74) is 2.32. The number of fused-ring (bicyclic) bond motifs is 2. The lowest BCUT2D eigenvalue weighted by molar-refractivity contribution is 0.00566. The highest BCUT2D eigenvalue weighted by Crippen LogP contribution is 2.34. The molecule has 240 valence electrons. The van der Waals surface area contributed by atoms with Crippen LogP contribution in [0.2, 0.25) is 0 Å². The largest absolute Gasteiger partial charge is 0.489 e. The van der Waals surface area contributed by atoms with Crippen molar-refractivity contribution in [2.75, 3.05) is 50.7 Å². The number of amides is 2. The molecule has 1 aliphatic rings. The minimum atomic E-state index is -0.584. The fourth-order valence-electron chi connectivity index (χ4n) is 5.68. The molecule has 0 unspecified atom stereocenters. The summed E-state index contributed by atoms with van der Waals surface area (Å²) in [5, 5.41) is 9.02. The first-order chi connectivity index (χ1) is 21.4. The van der Waals surface area contributed by atoms with E-state index in [0.29, 0.717) is 59.7 Å². The second-order valence-corrected chi connectivity index (χ2v) is 12.3. The molecule has 0 bridgehead atoms. The summed E-state index contributed by atoms with van der Waals surface area (Å²) in [6, 6.07) is 7.17. The van der Waals surface area contributed by atoms with Gasteiger partial charge in [0.15, 0.2) is 0 Å². The van der Waals surface area contributed by atoms with E-state index < -0.39 is 5.60 Å². The van der Waals surface area contributed by atoms with Crippen molar-refractivity contribution in [3.63, 3.8) is 0 Å². The molecule has 1 N–H and O–H groups in total. The van der Waals surface area contributed by atoms with Gasteiger partial charge >= 0.3 is 12.1 Å². The summed E-state index contributed by atoms with van der Waals surface area (Å²) < 4.78 is 23.7. The van der Waals surface area contributed by atoms with Crippen molar-refractivity contribution in [3.05, 3.63) is 42.2 Å². The van der Waals surface area contributed by atoms with Crippen LogP contribution in [-0.2, 0) is 16.5 Å². The van der Waals surface area contributed by atoms with Crippen LogP contribution in [0.3, 0.4) is 0 Å². The minimum absolute atomic E-state index is 0.122. The van der Waals surface area contributed by atoms with Crippen LogP contribution in [0.1, 0.15) is 45.0 Å². The zero-order valence-corrected chi connectivity index (χ0v) is 27.1. The van der Waals surface area contributed by atoms with Crippen LogP contribution in [-0.4, -0.2) is 94.9 Å². The third kappa shape index (κ3) is 6.88. The Morgan fingerprint density at radius 2 is 1.78 bits per heavy atom. The Labute approximate surface area is 262 Å². The summed E-state index contributed by atoms with van der Waals surface area (Å²) in [7, 11) is 4.92. The lowest BCUT2D eigenvalue weighted by Gasteiger charge is -2.45. The molecule has 13 heteroatoms. The number of nitrogens with zero attached hydrogens (tertiary/aromatic N) is 6. The molecule has 3 heterocycles. The first-order valence-electron chi connectivity index (χ1n) is 14.9. The van der Waals surface area contributed by atoms with Gasteiger partial charge in [-0.15, -0.1) is 0 Å². The Morgan fingerprint density at radius 3 is 2.44 bits per heavy atom. The van der Waals surface area contributed by atoms with Crippen LogP contribution in [0.5, 0.6) is 11.8 Å². The van der Waals surface area contributed by atoms with Crippen molar-refractivity contribution < 1.29 is 28.5 Å². The number of hydrogen-bond acceptors (Lipinski definition) is 10. The molecule has 5 rings (SSSR count). The fourth-order valence-corrected chi connectivity index (χ4v) is 5.68. The topological polar surface area (TPSA) is 133 Å². The maximum atomic E-state index is 13.8. The third-order valence-corrected chi connectivity index (χ3v) is 7.49. The van der Waals surface area contributed by atoms with Crippen molar-refractivity contribution in [2.24, 2.45) is 7.05 Å². The Kier molecular flexibility index (Phi) is 9.01. The molecule has 2 aromatic carbocycles. The molecular weight excluding hydrogens is 578 g/mol. The van der Waals surface area contributed by atoms with Crippen LogP contribution in [0.4, 0.5) is 16.2 Å². The number of aryl methyl sites for hydroxylation is 1. The second-order valence-electron chi connectivity index (χ2n) is 12.3. The number of ether oxygens (including phenoxy) is 4. The van der Waals surface area contributed by atoms with Gasteiger partial charge in [-0.25, -0.2) is 9.78 Å². The second kappa shape index (κ2) is 12.8. The quantitative estimate of drug-likeness (QED) is 0.278. The number of anilines is 2. The summed E-state index contributed by atoms with van der Waals surface area (Å²) in [6.45, 7) is 11.5. The van der Waals surface area contributed by atoms with E-state index in [4.69, 9.17) is 18.9 Å². The normalized spacial score (nSPS) is 17.1. The van der Waals surface area contributed by atoms with Gasteiger partial charge in [0, 0.05) is 67.9 Å². The summed E-state index contributed by atoms with van der Waals surface area (Å²) in [6.07, 6.45) is 3.21. The number of aromatic nitrogens is 4. The number of carbonyl (C=O) groups excluding carboxylic acids is 2. The summed E-state index contributed by atoms with van der Waals surface area (Å²) in [4.78, 5) is 39.7. The molecule has 2 amide bonds. The highest BCUT2D eigenvalue weighted by molar-refractivity contribution is 6.14. The highest BCUT2D eigenvalue weighted by atomic mass is 16.6. The van der Waals surface area contributed by atoms with E-state index in [-0.39, 0.29) is 30.1 Å². The van der Waals surface area contributed by atoms with Gasteiger partial charge in [0.05, 0.1) is 36.9 Å². The molecule has 2 atom stereocenters. The van der Waals surface area contributed by atoms with Gasteiger partial charge in [0.25, 0.3) is 5.91 Å². The lowest BCUT2D eigenvalue weighted by Crippen LogP contribution is -2.59. The molecule has 0 spiro atoms. The summed E-state index contributed by atoms with van der Waals surface area (Å²) in [5.74, 6) is 0.188. The van der Waals surface area contributed by atoms with E-state index in [1.807, 2.05) is 60.0 Å². The van der Waals surface area contributed by atoms with E-state index in [1.54, 1.807) is 35.0 Å². The number of hydrogen-bond donors (Lipinski definition) is 1. The number of rotatable bonds is 8. The monoisotopic (exact) mass is 619 g/mol. The van der Waals surface area contributed by atoms with Crippen LogP contribution < -0.4 is 19.7 Å².